The molecule has 224 valence electrons. The SMILES string of the molecule is Cc1cc(OCCC(=O)NC(C)(CO)CO)ccc1Cc1c(O[C@@H]2O[C@H](CO)[C@@H](O)[C@H](O)[C@H]2O)n[nH]c1C(C)C. The molecule has 8 N–H and O–H groups in total. The molecule has 0 radical (unpaired) electrons. The predicted octanol–water partition coefficient (Wildman–Crippen LogP) is -0.761. The summed E-state index contributed by atoms with van der Waals surface area (Å²) in [4.78, 5) is 12.1. The van der Waals surface area contributed by atoms with Gasteiger partial charge in [-0.25, -0.2) is 0 Å². The van der Waals surface area contributed by atoms with Crippen molar-refractivity contribution in [1.82, 2.24) is 15.5 Å². The second-order valence-electron chi connectivity index (χ2n) is 10.7. The molecule has 0 bridgehead atoms. The highest BCUT2D eigenvalue weighted by Gasteiger charge is 2.45. The summed E-state index contributed by atoms with van der Waals surface area (Å²) < 4.78 is 17.1. The molecule has 40 heavy (non-hydrogen) atoms. The number of rotatable bonds is 13. The molecular formula is C27H41N3O10. The lowest BCUT2D eigenvalue weighted by Gasteiger charge is -2.39. The second kappa shape index (κ2) is 13.7. The molecule has 2 aromatic rings. The maximum absolute atomic E-state index is 12.1. The Bertz CT molecular complexity index is 1120. The molecule has 0 saturated carbocycles. The van der Waals surface area contributed by atoms with Gasteiger partial charge in [-0.2, -0.15) is 0 Å². The summed E-state index contributed by atoms with van der Waals surface area (Å²) in [5.41, 5.74) is 2.28. The number of carbonyl (C=O) groups excluding carboxylic acids is 1. The fraction of sp³-hybridized carbons (Fsp3) is 0.630. The number of H-pyrrole nitrogens is 1. The van der Waals surface area contributed by atoms with Crippen molar-refractivity contribution in [1.29, 1.82) is 0 Å². The number of hydrogen-bond acceptors (Lipinski definition) is 11. The Hall–Kier alpha value is -2.78. The Morgan fingerprint density at radius 3 is 2.45 bits per heavy atom. The lowest BCUT2D eigenvalue weighted by atomic mass is 9.96. The first-order chi connectivity index (χ1) is 18.9. The van der Waals surface area contributed by atoms with E-state index in [2.05, 4.69) is 15.5 Å². The Kier molecular flexibility index (Phi) is 10.9. The quantitative estimate of drug-likeness (QED) is 0.151. The van der Waals surface area contributed by atoms with Gasteiger partial charge >= 0.3 is 0 Å². The first-order valence-electron chi connectivity index (χ1n) is 13.2. The van der Waals surface area contributed by atoms with Crippen molar-refractivity contribution < 1.29 is 49.6 Å². The van der Waals surface area contributed by atoms with Crippen molar-refractivity contribution in [2.75, 3.05) is 26.4 Å². The van der Waals surface area contributed by atoms with Gasteiger partial charge in [0.25, 0.3) is 0 Å². The second-order valence-corrected chi connectivity index (χ2v) is 10.7. The van der Waals surface area contributed by atoms with E-state index in [1.165, 1.54) is 0 Å². The van der Waals surface area contributed by atoms with Gasteiger partial charge in [0, 0.05) is 17.7 Å². The average Bonchev–Trinajstić information content (AvgIpc) is 3.32. The van der Waals surface area contributed by atoms with Gasteiger partial charge in [-0.05, 0) is 43.0 Å². The molecule has 1 aromatic heterocycles. The van der Waals surface area contributed by atoms with E-state index in [4.69, 9.17) is 14.2 Å². The van der Waals surface area contributed by atoms with E-state index in [1.807, 2.05) is 32.9 Å². The summed E-state index contributed by atoms with van der Waals surface area (Å²) in [7, 11) is 0. The van der Waals surface area contributed by atoms with E-state index >= 15 is 0 Å². The third kappa shape index (κ3) is 7.49. The van der Waals surface area contributed by atoms with E-state index in [-0.39, 0.29) is 43.9 Å². The van der Waals surface area contributed by atoms with E-state index in [9.17, 15) is 35.4 Å². The van der Waals surface area contributed by atoms with Crippen LogP contribution in [0.2, 0.25) is 0 Å². The van der Waals surface area contributed by atoms with Gasteiger partial charge in [0.2, 0.25) is 18.1 Å². The van der Waals surface area contributed by atoms with Crippen molar-refractivity contribution >= 4 is 5.91 Å². The zero-order valence-corrected chi connectivity index (χ0v) is 23.2. The predicted molar refractivity (Wildman–Crippen MR) is 142 cm³/mol. The average molecular weight is 568 g/mol. The van der Waals surface area contributed by atoms with Gasteiger partial charge in [-0.3, -0.25) is 9.89 Å². The number of ether oxygens (including phenoxy) is 3. The monoisotopic (exact) mass is 567 g/mol. The zero-order chi connectivity index (χ0) is 29.6. The molecule has 0 spiro atoms. The number of aryl methyl sites for hydroxylation is 1. The maximum Gasteiger partial charge on any atom is 0.238 e. The number of nitrogens with one attached hydrogen (secondary N) is 2. The highest BCUT2D eigenvalue weighted by Crippen LogP contribution is 2.32. The van der Waals surface area contributed by atoms with E-state index < -0.39 is 42.9 Å². The molecule has 5 atom stereocenters. The van der Waals surface area contributed by atoms with Crippen molar-refractivity contribution in [3.63, 3.8) is 0 Å². The minimum absolute atomic E-state index is 0.0435. The molecular weight excluding hydrogens is 526 g/mol. The minimum atomic E-state index is -1.57. The topological polar surface area (TPSA) is 207 Å². The van der Waals surface area contributed by atoms with Crippen molar-refractivity contribution in [3.8, 4) is 11.6 Å². The highest BCUT2D eigenvalue weighted by atomic mass is 16.7. The number of amides is 1. The summed E-state index contributed by atoms with van der Waals surface area (Å²) in [6.45, 7) is 6.18. The molecule has 0 aliphatic carbocycles. The Labute approximate surface area is 232 Å². The molecule has 1 amide bonds. The van der Waals surface area contributed by atoms with Gasteiger partial charge in [-0.1, -0.05) is 19.9 Å². The zero-order valence-electron chi connectivity index (χ0n) is 23.2. The van der Waals surface area contributed by atoms with Crippen LogP contribution in [0.15, 0.2) is 18.2 Å². The number of nitrogens with zero attached hydrogens (tertiary/aromatic N) is 1. The Balaban J connectivity index is 1.70. The number of aliphatic hydroxyl groups excluding tert-OH is 6. The fourth-order valence-corrected chi connectivity index (χ4v) is 4.32. The number of benzene rings is 1. The van der Waals surface area contributed by atoms with Gasteiger partial charge in [0.05, 0.1) is 38.4 Å². The van der Waals surface area contributed by atoms with Crippen molar-refractivity contribution in [2.24, 2.45) is 0 Å². The van der Waals surface area contributed by atoms with Crippen LogP contribution < -0.4 is 14.8 Å². The largest absolute Gasteiger partial charge is 0.493 e. The van der Waals surface area contributed by atoms with Crippen LogP contribution >= 0.6 is 0 Å². The van der Waals surface area contributed by atoms with Gasteiger partial charge in [0.1, 0.15) is 30.2 Å². The first-order valence-corrected chi connectivity index (χ1v) is 13.2. The van der Waals surface area contributed by atoms with E-state index in [0.29, 0.717) is 12.2 Å². The first kappa shape index (κ1) is 31.7. The number of hydrogen-bond donors (Lipinski definition) is 8. The molecule has 1 aliphatic heterocycles. The van der Waals surface area contributed by atoms with Crippen LogP contribution in [-0.2, 0) is 16.0 Å². The van der Waals surface area contributed by atoms with Crippen LogP contribution in [0.25, 0.3) is 0 Å². The summed E-state index contributed by atoms with van der Waals surface area (Å²) >= 11 is 0. The summed E-state index contributed by atoms with van der Waals surface area (Å²) in [5, 5.41) is 68.5. The van der Waals surface area contributed by atoms with Crippen LogP contribution in [0, 0.1) is 6.92 Å². The molecule has 1 fully saturated rings. The molecule has 13 heteroatoms. The smallest absolute Gasteiger partial charge is 0.238 e. The summed E-state index contributed by atoms with van der Waals surface area (Å²) in [6, 6.07) is 5.50. The Morgan fingerprint density at radius 2 is 1.85 bits per heavy atom. The van der Waals surface area contributed by atoms with Crippen LogP contribution in [-0.4, -0.2) is 109 Å². The van der Waals surface area contributed by atoms with Crippen molar-refractivity contribution in [2.45, 2.75) is 82.7 Å². The third-order valence-electron chi connectivity index (χ3n) is 6.93. The minimum Gasteiger partial charge on any atom is -0.493 e. The van der Waals surface area contributed by atoms with Gasteiger partial charge in [0.15, 0.2) is 0 Å². The lowest BCUT2D eigenvalue weighted by molar-refractivity contribution is -0.278. The van der Waals surface area contributed by atoms with E-state index in [1.54, 1.807) is 13.0 Å². The number of carbonyl (C=O) groups is 1. The Morgan fingerprint density at radius 1 is 1.15 bits per heavy atom. The number of aromatic nitrogens is 2. The van der Waals surface area contributed by atoms with Crippen LogP contribution in [0.5, 0.6) is 11.6 Å². The van der Waals surface area contributed by atoms with Crippen LogP contribution in [0.4, 0.5) is 0 Å². The van der Waals surface area contributed by atoms with E-state index in [0.717, 1.165) is 22.4 Å². The number of aromatic amines is 1. The normalized spacial score (nSPS) is 23.3. The third-order valence-corrected chi connectivity index (χ3v) is 6.93. The molecule has 13 nitrogen and oxygen atoms in total. The fourth-order valence-electron chi connectivity index (χ4n) is 4.32. The molecule has 2 heterocycles. The molecule has 0 unspecified atom stereocenters. The summed E-state index contributed by atoms with van der Waals surface area (Å²) in [5.74, 6) is 0.431. The molecule has 1 aliphatic rings. The standard InChI is InChI=1S/C27H41N3O10/c1-14(2)21-18(25(30-29-21)40-26-24(37)23(36)22(35)19(11-31)39-26)10-16-5-6-17(9-15(16)3)38-8-7-20(34)28-27(4,12-32)13-33/h5-6,9,14,19,22-24,26,31-33,35-37H,7-8,10-13H2,1-4H3,(H,28,34)(H,29,30)/t19-,22-,23+,24-,26+/m1/s1. The van der Waals surface area contributed by atoms with Crippen molar-refractivity contribution in [3.05, 3.63) is 40.6 Å². The maximum atomic E-state index is 12.1. The lowest BCUT2D eigenvalue weighted by Crippen LogP contribution is -2.60. The van der Waals surface area contributed by atoms with Gasteiger partial charge < -0.3 is 50.2 Å². The number of aliphatic hydroxyl groups is 6. The summed E-state index contributed by atoms with van der Waals surface area (Å²) in [6.07, 6.45) is -6.65. The van der Waals surface area contributed by atoms with Crippen LogP contribution in [0.3, 0.4) is 0 Å². The molecule has 1 saturated heterocycles. The molecule has 1 aromatic carbocycles. The van der Waals surface area contributed by atoms with Gasteiger partial charge in [-0.15, -0.1) is 5.10 Å². The highest BCUT2D eigenvalue weighted by molar-refractivity contribution is 5.76. The molecule has 3 rings (SSSR count). The van der Waals surface area contributed by atoms with Crippen LogP contribution in [0.1, 0.15) is 55.5 Å².